The average Bonchev–Trinajstić information content (AvgIpc) is 2.90. The zero-order valence-corrected chi connectivity index (χ0v) is 25.4. The van der Waals surface area contributed by atoms with E-state index in [1.165, 1.54) is 5.56 Å². The van der Waals surface area contributed by atoms with E-state index in [2.05, 4.69) is 44.7 Å². The first kappa shape index (κ1) is 29.6. The Balaban J connectivity index is 1.68. The number of nitrogens with two attached hydrogens (primary N) is 1. The molecular formula is C35H42N2O5. The van der Waals surface area contributed by atoms with Gasteiger partial charge in [0.05, 0.1) is 6.61 Å². The van der Waals surface area contributed by atoms with Gasteiger partial charge in [0.15, 0.2) is 29.7 Å². The first-order chi connectivity index (χ1) is 19.9. The summed E-state index contributed by atoms with van der Waals surface area (Å²) in [5.74, 6) is -0.0340. The van der Waals surface area contributed by atoms with E-state index in [9.17, 15) is 14.4 Å². The number of ether oxygens (including phenoxy) is 2. The van der Waals surface area contributed by atoms with E-state index in [0.29, 0.717) is 37.5 Å². The number of allylic oxidation sites excluding steroid dienone is 4. The highest BCUT2D eigenvalue weighted by molar-refractivity contribution is 6.06. The lowest BCUT2D eigenvalue weighted by Gasteiger charge is -2.49. The topological polar surface area (TPSA) is 98.9 Å². The number of amides is 1. The molecule has 7 heteroatoms. The molecule has 0 saturated carbocycles. The van der Waals surface area contributed by atoms with Crippen LogP contribution in [0.1, 0.15) is 77.3 Å². The van der Waals surface area contributed by atoms with Crippen LogP contribution in [0.25, 0.3) is 0 Å². The summed E-state index contributed by atoms with van der Waals surface area (Å²) in [6.07, 6.45) is 3.17. The lowest BCUT2D eigenvalue weighted by molar-refractivity contribution is -0.121. The van der Waals surface area contributed by atoms with Gasteiger partial charge in [-0.2, -0.15) is 0 Å². The molecule has 1 aliphatic heterocycles. The van der Waals surface area contributed by atoms with E-state index in [1.54, 1.807) is 6.07 Å². The summed E-state index contributed by atoms with van der Waals surface area (Å²) in [6, 6.07) is 15.9. The fraction of sp³-hybridized carbons (Fsp3) is 0.457. The molecule has 2 N–H and O–H groups in total. The van der Waals surface area contributed by atoms with Crippen LogP contribution in [-0.4, -0.2) is 42.1 Å². The van der Waals surface area contributed by atoms with E-state index >= 15 is 0 Å². The maximum atomic E-state index is 14.1. The molecule has 2 aromatic rings. The standard InChI is InChI=1S/C35H42N2O5/c1-6-41-29-16-23(12-13-28(29)42-21-30(36)40)31-32-24(17-34(2,3)19-26(32)38)37(15-14-22-10-8-7-9-11-22)25-18-35(4,5)20-27(39)33(25)31/h7-13,16,31H,6,14-15,17-21H2,1-5H3,(H2,36,40). The molecule has 1 amide bonds. The Morgan fingerprint density at radius 1 is 0.857 bits per heavy atom. The summed E-state index contributed by atoms with van der Waals surface area (Å²) in [6.45, 7) is 11.3. The SMILES string of the molecule is CCOc1cc(C2C3=C(CC(C)(C)CC3=O)N(CCc3ccccc3)C3=C2C(=O)CC(C)(C)C3)ccc1OCC(N)=O. The molecule has 3 aliphatic rings. The molecule has 222 valence electrons. The van der Waals surface area contributed by atoms with Gasteiger partial charge in [-0.3, -0.25) is 14.4 Å². The van der Waals surface area contributed by atoms with Gasteiger partial charge in [0.25, 0.3) is 5.91 Å². The monoisotopic (exact) mass is 570 g/mol. The van der Waals surface area contributed by atoms with Crippen LogP contribution in [0.15, 0.2) is 71.1 Å². The van der Waals surface area contributed by atoms with Crippen molar-refractivity contribution >= 4 is 17.5 Å². The summed E-state index contributed by atoms with van der Waals surface area (Å²) in [5, 5.41) is 0. The van der Waals surface area contributed by atoms with Gasteiger partial charge in [-0.1, -0.05) is 64.1 Å². The van der Waals surface area contributed by atoms with Crippen LogP contribution in [0.2, 0.25) is 0 Å². The maximum Gasteiger partial charge on any atom is 0.255 e. The number of benzene rings is 2. The molecule has 1 heterocycles. The second kappa shape index (κ2) is 11.4. The number of Topliss-reactive ketones (excluding diaryl/α,β-unsaturated/α-hetero) is 2. The minimum atomic E-state index is -0.583. The lowest BCUT2D eigenvalue weighted by Crippen LogP contribution is -2.45. The molecule has 0 aromatic heterocycles. The molecule has 0 atom stereocenters. The Bertz CT molecular complexity index is 1410. The maximum absolute atomic E-state index is 14.1. The number of hydrogen-bond donors (Lipinski definition) is 1. The van der Waals surface area contributed by atoms with Crippen LogP contribution in [0, 0.1) is 10.8 Å². The van der Waals surface area contributed by atoms with Gasteiger partial charge >= 0.3 is 0 Å². The highest BCUT2D eigenvalue weighted by Gasteiger charge is 2.49. The third-order valence-electron chi connectivity index (χ3n) is 8.46. The van der Waals surface area contributed by atoms with Crippen molar-refractivity contribution in [3.05, 3.63) is 82.2 Å². The molecule has 0 saturated heterocycles. The quantitative estimate of drug-likeness (QED) is 0.404. The van der Waals surface area contributed by atoms with Gasteiger partial charge in [-0.05, 0) is 60.3 Å². The molecule has 0 bridgehead atoms. The molecular weight excluding hydrogens is 528 g/mol. The predicted molar refractivity (Wildman–Crippen MR) is 162 cm³/mol. The van der Waals surface area contributed by atoms with Gasteiger partial charge < -0.3 is 20.1 Å². The van der Waals surface area contributed by atoms with Crippen LogP contribution in [0.4, 0.5) is 0 Å². The van der Waals surface area contributed by atoms with Crippen LogP contribution >= 0.6 is 0 Å². The molecule has 0 spiro atoms. The zero-order valence-electron chi connectivity index (χ0n) is 25.4. The third-order valence-corrected chi connectivity index (χ3v) is 8.46. The molecule has 2 aromatic carbocycles. The summed E-state index contributed by atoms with van der Waals surface area (Å²) in [5.41, 5.74) is 10.5. The van der Waals surface area contributed by atoms with E-state index in [0.717, 1.165) is 47.4 Å². The molecule has 0 fully saturated rings. The van der Waals surface area contributed by atoms with Crippen molar-refractivity contribution in [3.8, 4) is 11.5 Å². The molecule has 0 radical (unpaired) electrons. The molecule has 0 unspecified atom stereocenters. The Hall–Kier alpha value is -3.87. The van der Waals surface area contributed by atoms with Crippen LogP contribution in [0.3, 0.4) is 0 Å². The molecule has 2 aliphatic carbocycles. The highest BCUT2D eigenvalue weighted by atomic mass is 16.5. The van der Waals surface area contributed by atoms with Gasteiger partial charge in [0.2, 0.25) is 0 Å². The molecule has 42 heavy (non-hydrogen) atoms. The van der Waals surface area contributed by atoms with E-state index in [1.807, 2.05) is 37.3 Å². The van der Waals surface area contributed by atoms with Gasteiger partial charge in [-0.25, -0.2) is 0 Å². The van der Waals surface area contributed by atoms with Crippen molar-refractivity contribution in [1.82, 2.24) is 4.90 Å². The van der Waals surface area contributed by atoms with E-state index in [-0.39, 0.29) is 29.0 Å². The minimum Gasteiger partial charge on any atom is -0.490 e. The van der Waals surface area contributed by atoms with Gasteiger partial charge in [0, 0.05) is 47.8 Å². The Morgan fingerprint density at radius 2 is 1.45 bits per heavy atom. The number of hydrogen-bond acceptors (Lipinski definition) is 6. The first-order valence-corrected chi connectivity index (χ1v) is 14.9. The van der Waals surface area contributed by atoms with Crippen molar-refractivity contribution in [3.63, 3.8) is 0 Å². The number of carbonyl (C=O) groups excluding carboxylic acids is 3. The fourth-order valence-electron chi connectivity index (χ4n) is 6.78. The molecule has 5 rings (SSSR count). The van der Waals surface area contributed by atoms with Crippen LogP contribution in [-0.2, 0) is 20.8 Å². The van der Waals surface area contributed by atoms with Gasteiger partial charge in [0.1, 0.15) is 0 Å². The summed E-state index contributed by atoms with van der Waals surface area (Å²) >= 11 is 0. The van der Waals surface area contributed by atoms with E-state index in [4.69, 9.17) is 15.2 Å². The van der Waals surface area contributed by atoms with Crippen molar-refractivity contribution < 1.29 is 23.9 Å². The number of primary amides is 1. The average molecular weight is 571 g/mol. The highest BCUT2D eigenvalue weighted by Crippen LogP contribution is 2.55. The zero-order chi connectivity index (χ0) is 30.2. The first-order valence-electron chi connectivity index (χ1n) is 14.9. The summed E-state index contributed by atoms with van der Waals surface area (Å²) in [7, 11) is 0. The number of ketones is 2. The Kier molecular flexibility index (Phi) is 8.06. The fourth-order valence-corrected chi connectivity index (χ4v) is 6.78. The number of nitrogens with zero attached hydrogens (tertiary/aromatic N) is 1. The number of carbonyl (C=O) groups is 3. The predicted octanol–water partition coefficient (Wildman–Crippen LogP) is 5.88. The largest absolute Gasteiger partial charge is 0.490 e. The van der Waals surface area contributed by atoms with Crippen LogP contribution < -0.4 is 15.2 Å². The Labute approximate surface area is 248 Å². The normalized spacial score (nSPS) is 19.9. The third kappa shape index (κ3) is 6.01. The van der Waals surface area contributed by atoms with Crippen molar-refractivity contribution in [1.29, 1.82) is 0 Å². The number of rotatable bonds is 9. The summed E-state index contributed by atoms with van der Waals surface area (Å²) in [4.78, 5) is 41.9. The van der Waals surface area contributed by atoms with Crippen molar-refractivity contribution in [2.75, 3.05) is 19.8 Å². The van der Waals surface area contributed by atoms with Crippen LogP contribution in [0.5, 0.6) is 11.5 Å². The second-order valence-electron chi connectivity index (χ2n) is 13.3. The lowest BCUT2D eigenvalue weighted by atomic mass is 9.63. The van der Waals surface area contributed by atoms with E-state index < -0.39 is 11.8 Å². The Morgan fingerprint density at radius 3 is 2.00 bits per heavy atom. The van der Waals surface area contributed by atoms with Crippen molar-refractivity contribution in [2.45, 2.75) is 72.6 Å². The van der Waals surface area contributed by atoms with Gasteiger partial charge in [-0.15, -0.1) is 0 Å². The second-order valence-corrected chi connectivity index (χ2v) is 13.3. The minimum absolute atomic E-state index is 0.0900. The van der Waals surface area contributed by atoms with Crippen molar-refractivity contribution in [2.24, 2.45) is 16.6 Å². The summed E-state index contributed by atoms with van der Waals surface area (Å²) < 4.78 is 11.5. The molecule has 7 nitrogen and oxygen atoms in total. The smallest absolute Gasteiger partial charge is 0.255 e.